The first-order chi connectivity index (χ1) is 10.1. The molecule has 0 unspecified atom stereocenters. The number of hydrogen-bond acceptors (Lipinski definition) is 3. The van der Waals surface area contributed by atoms with Gasteiger partial charge in [0, 0.05) is 36.4 Å². The predicted molar refractivity (Wildman–Crippen MR) is 84.3 cm³/mol. The quantitative estimate of drug-likeness (QED) is 0.798. The zero-order valence-electron chi connectivity index (χ0n) is 13.0. The van der Waals surface area contributed by atoms with Gasteiger partial charge in [-0.3, -0.25) is 4.68 Å². The molecule has 5 nitrogen and oxygen atoms in total. The van der Waals surface area contributed by atoms with Gasteiger partial charge in [0.25, 0.3) is 0 Å². The smallest absolute Gasteiger partial charge is 0.102 e. The average molecular weight is 283 g/mol. The first-order valence-electron chi connectivity index (χ1n) is 7.18. The molecule has 5 heteroatoms. The second-order valence-corrected chi connectivity index (χ2v) is 5.56. The standard InChI is InChI=1S/C16H21N5/c1-11-12(2)21(10-14-9-20(4)19-18-14)16-6-5-13(8-17-3)7-15(11)16/h5-7,9,17H,8,10H2,1-4H3. The van der Waals surface area contributed by atoms with E-state index in [4.69, 9.17) is 0 Å². The number of benzene rings is 1. The Morgan fingerprint density at radius 1 is 1.24 bits per heavy atom. The summed E-state index contributed by atoms with van der Waals surface area (Å²) in [6, 6.07) is 6.67. The van der Waals surface area contributed by atoms with Crippen molar-refractivity contribution in [2.24, 2.45) is 7.05 Å². The average Bonchev–Trinajstić information content (AvgIpc) is 2.97. The zero-order valence-corrected chi connectivity index (χ0v) is 13.0. The first-order valence-corrected chi connectivity index (χ1v) is 7.18. The molecule has 1 aromatic carbocycles. The van der Waals surface area contributed by atoms with Crippen LogP contribution in [-0.2, 0) is 20.1 Å². The Labute approximate surface area is 124 Å². The minimum atomic E-state index is 0.759. The summed E-state index contributed by atoms with van der Waals surface area (Å²) in [7, 11) is 3.87. The minimum Gasteiger partial charge on any atom is -0.338 e. The van der Waals surface area contributed by atoms with Crippen molar-refractivity contribution in [3.8, 4) is 0 Å². The summed E-state index contributed by atoms with van der Waals surface area (Å²) >= 11 is 0. The van der Waals surface area contributed by atoms with Crippen LogP contribution in [0.1, 0.15) is 22.5 Å². The van der Waals surface area contributed by atoms with Crippen molar-refractivity contribution in [1.29, 1.82) is 0 Å². The van der Waals surface area contributed by atoms with Crippen molar-refractivity contribution < 1.29 is 0 Å². The molecule has 21 heavy (non-hydrogen) atoms. The van der Waals surface area contributed by atoms with Gasteiger partial charge in [-0.05, 0) is 44.2 Å². The van der Waals surface area contributed by atoms with Gasteiger partial charge in [-0.2, -0.15) is 0 Å². The lowest BCUT2D eigenvalue weighted by Crippen LogP contribution is -2.05. The number of nitrogens with one attached hydrogen (secondary N) is 1. The van der Waals surface area contributed by atoms with E-state index in [-0.39, 0.29) is 0 Å². The van der Waals surface area contributed by atoms with Gasteiger partial charge in [0.1, 0.15) is 5.69 Å². The summed E-state index contributed by atoms with van der Waals surface area (Å²) in [5, 5.41) is 12.7. The Balaban J connectivity index is 2.07. The molecular weight excluding hydrogens is 262 g/mol. The van der Waals surface area contributed by atoms with Crippen molar-refractivity contribution in [2.75, 3.05) is 7.05 Å². The molecule has 0 spiro atoms. The Morgan fingerprint density at radius 2 is 2.05 bits per heavy atom. The van der Waals surface area contributed by atoms with E-state index in [1.54, 1.807) is 4.68 Å². The van der Waals surface area contributed by atoms with E-state index in [1.165, 1.54) is 27.7 Å². The Bertz CT molecular complexity index is 781. The fraction of sp³-hybridized carbons (Fsp3) is 0.375. The van der Waals surface area contributed by atoms with Crippen LogP contribution in [0.25, 0.3) is 10.9 Å². The molecule has 0 bridgehead atoms. The molecule has 3 rings (SSSR count). The molecular formula is C16H21N5. The predicted octanol–water partition coefficient (Wildman–Crippen LogP) is 2.15. The lowest BCUT2D eigenvalue weighted by Gasteiger charge is -2.06. The second-order valence-electron chi connectivity index (χ2n) is 5.56. The number of aromatic nitrogens is 4. The topological polar surface area (TPSA) is 47.7 Å². The molecule has 2 heterocycles. The zero-order chi connectivity index (χ0) is 15.0. The van der Waals surface area contributed by atoms with E-state index in [1.807, 2.05) is 20.3 Å². The van der Waals surface area contributed by atoms with Gasteiger partial charge in [-0.1, -0.05) is 11.3 Å². The van der Waals surface area contributed by atoms with Crippen molar-refractivity contribution in [3.05, 3.63) is 46.9 Å². The van der Waals surface area contributed by atoms with Crippen LogP contribution >= 0.6 is 0 Å². The molecule has 1 N–H and O–H groups in total. The lowest BCUT2D eigenvalue weighted by atomic mass is 10.1. The summed E-state index contributed by atoms with van der Waals surface area (Å²) in [6.07, 6.45) is 1.97. The maximum Gasteiger partial charge on any atom is 0.102 e. The number of nitrogens with zero attached hydrogens (tertiary/aromatic N) is 4. The molecule has 2 aromatic heterocycles. The largest absolute Gasteiger partial charge is 0.338 e. The number of hydrogen-bond donors (Lipinski definition) is 1. The van der Waals surface area contributed by atoms with Crippen molar-refractivity contribution >= 4 is 10.9 Å². The summed E-state index contributed by atoms with van der Waals surface area (Å²) in [5.41, 5.74) is 6.18. The van der Waals surface area contributed by atoms with Crippen LogP contribution in [0.2, 0.25) is 0 Å². The van der Waals surface area contributed by atoms with E-state index >= 15 is 0 Å². The molecule has 110 valence electrons. The van der Waals surface area contributed by atoms with Crippen LogP contribution in [0.5, 0.6) is 0 Å². The third-order valence-corrected chi connectivity index (χ3v) is 4.05. The van der Waals surface area contributed by atoms with Crippen molar-refractivity contribution in [1.82, 2.24) is 24.9 Å². The normalized spacial score (nSPS) is 11.4. The third-order valence-electron chi connectivity index (χ3n) is 4.05. The van der Waals surface area contributed by atoms with Crippen LogP contribution in [0.15, 0.2) is 24.4 Å². The molecule has 0 aliphatic rings. The van der Waals surface area contributed by atoms with Gasteiger partial charge in [0.2, 0.25) is 0 Å². The first kappa shape index (κ1) is 13.8. The Kier molecular flexibility index (Phi) is 3.51. The monoisotopic (exact) mass is 283 g/mol. The minimum absolute atomic E-state index is 0.759. The Morgan fingerprint density at radius 3 is 2.71 bits per heavy atom. The van der Waals surface area contributed by atoms with Gasteiger partial charge < -0.3 is 9.88 Å². The highest BCUT2D eigenvalue weighted by atomic mass is 15.4. The van der Waals surface area contributed by atoms with Crippen molar-refractivity contribution in [3.63, 3.8) is 0 Å². The molecule has 3 aromatic rings. The molecule has 0 fully saturated rings. The molecule has 0 atom stereocenters. The van der Waals surface area contributed by atoms with Crippen LogP contribution in [0.4, 0.5) is 0 Å². The highest BCUT2D eigenvalue weighted by molar-refractivity contribution is 5.86. The van der Waals surface area contributed by atoms with Crippen LogP contribution in [0, 0.1) is 13.8 Å². The second kappa shape index (κ2) is 5.33. The van der Waals surface area contributed by atoms with E-state index in [2.05, 4.69) is 52.2 Å². The van der Waals surface area contributed by atoms with E-state index < -0.39 is 0 Å². The number of aryl methyl sites for hydroxylation is 2. The lowest BCUT2D eigenvalue weighted by molar-refractivity contribution is 0.709. The summed E-state index contributed by atoms with van der Waals surface area (Å²) in [4.78, 5) is 0. The van der Waals surface area contributed by atoms with Crippen LogP contribution < -0.4 is 5.32 Å². The molecule has 0 amide bonds. The summed E-state index contributed by atoms with van der Waals surface area (Å²) in [6.45, 7) is 6.01. The van der Waals surface area contributed by atoms with E-state index in [0.29, 0.717) is 0 Å². The fourth-order valence-electron chi connectivity index (χ4n) is 2.84. The van der Waals surface area contributed by atoms with Gasteiger partial charge in [-0.25, -0.2) is 0 Å². The highest BCUT2D eigenvalue weighted by Gasteiger charge is 2.12. The maximum absolute atomic E-state index is 4.20. The van der Waals surface area contributed by atoms with Crippen LogP contribution in [0.3, 0.4) is 0 Å². The fourth-order valence-corrected chi connectivity index (χ4v) is 2.84. The third kappa shape index (κ3) is 2.45. The SMILES string of the molecule is CNCc1ccc2c(c1)c(C)c(C)n2Cc1cn(C)nn1. The molecule has 0 radical (unpaired) electrons. The van der Waals surface area contributed by atoms with Gasteiger partial charge in [-0.15, -0.1) is 5.10 Å². The number of rotatable bonds is 4. The number of fused-ring (bicyclic) bond motifs is 1. The van der Waals surface area contributed by atoms with E-state index in [0.717, 1.165) is 18.8 Å². The van der Waals surface area contributed by atoms with Gasteiger partial charge in [0.15, 0.2) is 0 Å². The molecule has 0 aliphatic heterocycles. The summed E-state index contributed by atoms with van der Waals surface area (Å²) in [5.74, 6) is 0. The molecule has 0 aliphatic carbocycles. The molecule has 0 saturated carbocycles. The van der Waals surface area contributed by atoms with E-state index in [9.17, 15) is 0 Å². The summed E-state index contributed by atoms with van der Waals surface area (Å²) < 4.78 is 4.06. The highest BCUT2D eigenvalue weighted by Crippen LogP contribution is 2.26. The van der Waals surface area contributed by atoms with Crippen LogP contribution in [-0.4, -0.2) is 26.6 Å². The maximum atomic E-state index is 4.20. The molecule has 0 saturated heterocycles. The van der Waals surface area contributed by atoms with Gasteiger partial charge in [0.05, 0.1) is 6.54 Å². The van der Waals surface area contributed by atoms with Gasteiger partial charge >= 0.3 is 0 Å². The van der Waals surface area contributed by atoms with Crippen molar-refractivity contribution in [2.45, 2.75) is 26.9 Å². The Hall–Kier alpha value is -2.14.